The summed E-state index contributed by atoms with van der Waals surface area (Å²) in [4.78, 5) is 20.3. The van der Waals surface area contributed by atoms with Crippen LogP contribution >= 0.6 is 0 Å². The van der Waals surface area contributed by atoms with Gasteiger partial charge in [0.2, 0.25) is 5.91 Å². The molecule has 4 rings (SSSR count). The molecule has 2 aliphatic rings. The molecule has 1 saturated heterocycles. The molecular weight excluding hydrogens is 376 g/mol. The highest BCUT2D eigenvalue weighted by atomic mass is 32.2. The van der Waals surface area contributed by atoms with Gasteiger partial charge in [-0.2, -0.15) is 0 Å². The van der Waals surface area contributed by atoms with Crippen molar-refractivity contribution in [2.45, 2.75) is 37.5 Å². The summed E-state index contributed by atoms with van der Waals surface area (Å²) in [7, 11) is -3.72. The molecule has 1 aromatic heterocycles. The van der Waals surface area contributed by atoms with Crippen LogP contribution in [-0.4, -0.2) is 38.9 Å². The Morgan fingerprint density at radius 1 is 1.07 bits per heavy atom. The van der Waals surface area contributed by atoms with Gasteiger partial charge in [-0.3, -0.25) is 9.52 Å². The summed E-state index contributed by atoms with van der Waals surface area (Å²) < 4.78 is 28.2. The Hall–Kier alpha value is -2.61. The lowest BCUT2D eigenvalue weighted by molar-refractivity contribution is -0.116. The van der Waals surface area contributed by atoms with Crippen molar-refractivity contribution in [1.29, 1.82) is 0 Å². The maximum Gasteiger partial charge on any atom is 0.261 e. The Bertz CT molecular complexity index is 983. The van der Waals surface area contributed by atoms with Gasteiger partial charge in [0.25, 0.3) is 10.0 Å². The third-order valence-electron chi connectivity index (χ3n) is 5.29. The molecule has 0 unspecified atom stereocenters. The van der Waals surface area contributed by atoms with E-state index in [1.807, 2.05) is 6.07 Å². The molecule has 0 bridgehead atoms. The first-order chi connectivity index (χ1) is 13.4. The fraction of sp³-hybridized carbons (Fsp3) is 0.400. The molecule has 0 atom stereocenters. The fourth-order valence-electron chi connectivity index (χ4n) is 3.86. The molecule has 2 aliphatic heterocycles. The molecule has 1 amide bonds. The first-order valence-corrected chi connectivity index (χ1v) is 11.1. The van der Waals surface area contributed by atoms with E-state index in [1.165, 1.54) is 6.92 Å². The van der Waals surface area contributed by atoms with Crippen molar-refractivity contribution in [1.82, 2.24) is 4.98 Å². The van der Waals surface area contributed by atoms with Gasteiger partial charge in [-0.05, 0) is 61.6 Å². The van der Waals surface area contributed by atoms with Crippen LogP contribution in [0.15, 0.2) is 41.4 Å². The number of hydrogen-bond donors (Lipinski definition) is 1. The second kappa shape index (κ2) is 7.43. The smallest absolute Gasteiger partial charge is 0.261 e. The maximum atomic E-state index is 12.8. The quantitative estimate of drug-likeness (QED) is 0.853. The summed E-state index contributed by atoms with van der Waals surface area (Å²) in [6.45, 7) is 4.18. The average molecular weight is 401 g/mol. The summed E-state index contributed by atoms with van der Waals surface area (Å²) in [5, 5.41) is 0. The molecular formula is C20H24N4O3S. The second-order valence-electron chi connectivity index (χ2n) is 7.27. The van der Waals surface area contributed by atoms with Crippen LogP contribution in [0.3, 0.4) is 0 Å². The van der Waals surface area contributed by atoms with Crippen molar-refractivity contribution in [2.75, 3.05) is 34.2 Å². The molecule has 148 valence electrons. The van der Waals surface area contributed by atoms with Crippen LogP contribution in [0.4, 0.5) is 17.2 Å². The lowest BCUT2D eigenvalue weighted by Crippen LogP contribution is -2.33. The molecule has 0 radical (unpaired) electrons. The summed E-state index contributed by atoms with van der Waals surface area (Å²) in [6, 6.07) is 8.53. The van der Waals surface area contributed by atoms with E-state index in [2.05, 4.69) is 14.6 Å². The van der Waals surface area contributed by atoms with Crippen LogP contribution < -0.4 is 14.5 Å². The Labute approximate surface area is 165 Å². The van der Waals surface area contributed by atoms with Crippen LogP contribution in [-0.2, 0) is 21.2 Å². The minimum absolute atomic E-state index is 0.0288. The number of benzene rings is 1. The highest BCUT2D eigenvalue weighted by Crippen LogP contribution is 2.30. The zero-order valence-corrected chi connectivity index (χ0v) is 16.7. The zero-order chi connectivity index (χ0) is 19.7. The van der Waals surface area contributed by atoms with Gasteiger partial charge in [-0.25, -0.2) is 13.4 Å². The molecule has 0 aliphatic carbocycles. The van der Waals surface area contributed by atoms with Crippen molar-refractivity contribution in [3.8, 4) is 0 Å². The van der Waals surface area contributed by atoms with Gasteiger partial charge in [-0.15, -0.1) is 0 Å². The number of nitrogens with zero attached hydrogens (tertiary/aromatic N) is 3. The molecule has 1 fully saturated rings. The van der Waals surface area contributed by atoms with E-state index >= 15 is 0 Å². The number of aromatic nitrogens is 1. The molecule has 0 spiro atoms. The predicted octanol–water partition coefficient (Wildman–Crippen LogP) is 2.78. The molecule has 0 saturated carbocycles. The van der Waals surface area contributed by atoms with Crippen LogP contribution in [0.5, 0.6) is 0 Å². The van der Waals surface area contributed by atoms with Crippen LogP contribution in [0.25, 0.3) is 0 Å². The van der Waals surface area contributed by atoms with Gasteiger partial charge >= 0.3 is 0 Å². The van der Waals surface area contributed by atoms with Crippen molar-refractivity contribution in [2.24, 2.45) is 0 Å². The topological polar surface area (TPSA) is 82.6 Å². The molecule has 1 aromatic carbocycles. The number of sulfonamides is 1. The Morgan fingerprint density at radius 3 is 2.54 bits per heavy atom. The second-order valence-corrected chi connectivity index (χ2v) is 8.95. The summed E-state index contributed by atoms with van der Waals surface area (Å²) >= 11 is 0. The average Bonchev–Trinajstić information content (AvgIpc) is 3.22. The monoisotopic (exact) mass is 400 g/mol. The first-order valence-electron chi connectivity index (χ1n) is 9.59. The van der Waals surface area contributed by atoms with Gasteiger partial charge in [0, 0.05) is 32.2 Å². The third kappa shape index (κ3) is 3.69. The van der Waals surface area contributed by atoms with Crippen LogP contribution in [0.2, 0.25) is 0 Å². The number of fused-ring (bicyclic) bond motifs is 1. The lowest BCUT2D eigenvalue weighted by Gasteiger charge is -2.28. The normalized spacial score (nSPS) is 16.8. The number of nitrogens with one attached hydrogen (secondary N) is 1. The first kappa shape index (κ1) is 18.7. The van der Waals surface area contributed by atoms with Gasteiger partial charge in [-0.1, -0.05) is 0 Å². The minimum Gasteiger partial charge on any atom is -0.357 e. The molecule has 3 heterocycles. The molecule has 2 aromatic rings. The number of carbonyl (C=O) groups excluding carboxylic acids is 1. The van der Waals surface area contributed by atoms with E-state index in [0.717, 1.165) is 55.8 Å². The molecule has 7 nitrogen and oxygen atoms in total. The van der Waals surface area contributed by atoms with Gasteiger partial charge in [0.1, 0.15) is 5.82 Å². The summed E-state index contributed by atoms with van der Waals surface area (Å²) in [6.07, 6.45) is 5.46. The van der Waals surface area contributed by atoms with E-state index in [9.17, 15) is 13.2 Å². The SMILES string of the molecule is CC(=O)N1CCCc2cc(S(=O)(=O)Nc3ccc(N4CCCC4)nc3)ccc21. The van der Waals surface area contributed by atoms with Gasteiger partial charge < -0.3 is 9.80 Å². The van der Waals surface area contributed by atoms with Crippen molar-refractivity contribution >= 4 is 33.1 Å². The number of pyridine rings is 1. The summed E-state index contributed by atoms with van der Waals surface area (Å²) in [5.74, 6) is 0.845. The number of rotatable bonds is 4. The Kier molecular flexibility index (Phi) is 4.97. The third-order valence-corrected chi connectivity index (χ3v) is 6.67. The lowest BCUT2D eigenvalue weighted by atomic mass is 10.0. The van der Waals surface area contributed by atoms with E-state index < -0.39 is 10.0 Å². The molecule has 28 heavy (non-hydrogen) atoms. The number of anilines is 3. The molecule has 1 N–H and O–H groups in total. The summed E-state index contributed by atoms with van der Waals surface area (Å²) in [5.41, 5.74) is 2.12. The van der Waals surface area contributed by atoms with E-state index in [-0.39, 0.29) is 10.8 Å². The fourth-order valence-corrected chi connectivity index (χ4v) is 4.96. The standard InChI is InChI=1S/C20H24N4O3S/c1-15(25)24-12-4-5-16-13-18(7-8-19(16)24)28(26,27)22-17-6-9-20(21-14-17)23-10-2-3-11-23/h6-9,13-14,22H,2-5,10-12H2,1H3. The predicted molar refractivity (Wildman–Crippen MR) is 109 cm³/mol. The van der Waals surface area contributed by atoms with Gasteiger partial charge in [0.15, 0.2) is 0 Å². The maximum absolute atomic E-state index is 12.8. The number of aryl methyl sites for hydroxylation is 1. The molecule has 8 heteroatoms. The largest absolute Gasteiger partial charge is 0.357 e. The Balaban J connectivity index is 1.54. The van der Waals surface area contributed by atoms with Crippen molar-refractivity contribution in [3.63, 3.8) is 0 Å². The Morgan fingerprint density at radius 2 is 1.86 bits per heavy atom. The minimum atomic E-state index is -3.72. The number of amides is 1. The number of hydrogen-bond acceptors (Lipinski definition) is 5. The van der Waals surface area contributed by atoms with Crippen molar-refractivity contribution in [3.05, 3.63) is 42.1 Å². The highest BCUT2D eigenvalue weighted by molar-refractivity contribution is 7.92. The van der Waals surface area contributed by atoms with Gasteiger partial charge in [0.05, 0.1) is 16.8 Å². The van der Waals surface area contributed by atoms with E-state index in [0.29, 0.717) is 12.2 Å². The zero-order valence-electron chi connectivity index (χ0n) is 15.9. The highest BCUT2D eigenvalue weighted by Gasteiger charge is 2.23. The number of carbonyl (C=O) groups is 1. The van der Waals surface area contributed by atoms with E-state index in [1.54, 1.807) is 35.4 Å². The van der Waals surface area contributed by atoms with Crippen LogP contribution in [0.1, 0.15) is 31.7 Å². The van der Waals surface area contributed by atoms with Crippen molar-refractivity contribution < 1.29 is 13.2 Å². The van der Waals surface area contributed by atoms with Crippen LogP contribution in [0, 0.1) is 0 Å². The van der Waals surface area contributed by atoms with E-state index in [4.69, 9.17) is 0 Å².